The molecule has 2 radical (unpaired) electrons. The van der Waals surface area contributed by atoms with Crippen molar-refractivity contribution < 1.29 is 23.8 Å². The van der Waals surface area contributed by atoms with Crippen molar-refractivity contribution >= 4 is 47.4 Å². The number of nitrogens with zero attached hydrogens (tertiary/aromatic N) is 1. The van der Waals surface area contributed by atoms with Crippen molar-refractivity contribution in [2.75, 3.05) is 31.9 Å². The molecule has 4 aromatic rings. The van der Waals surface area contributed by atoms with E-state index < -0.39 is 11.8 Å². The van der Waals surface area contributed by atoms with Crippen LogP contribution in [0.5, 0.6) is 23.0 Å². The van der Waals surface area contributed by atoms with Gasteiger partial charge in [0, 0.05) is 41.8 Å². The van der Waals surface area contributed by atoms with Crippen LogP contribution in [0.4, 0.5) is 11.4 Å². The van der Waals surface area contributed by atoms with Gasteiger partial charge in [0.15, 0.2) is 11.5 Å². The minimum atomic E-state index is -0.593. The minimum absolute atomic E-state index is 0.0621. The number of rotatable bonds is 9. The molecule has 1 heterocycles. The predicted octanol–water partition coefficient (Wildman–Crippen LogP) is 4.93. The Bertz CT molecular complexity index is 1560. The van der Waals surface area contributed by atoms with Crippen LogP contribution in [-0.4, -0.2) is 45.9 Å². The highest BCUT2D eigenvalue weighted by Crippen LogP contribution is 2.36. The Hall–Kier alpha value is -4.99. The number of carbonyl (C=O) groups is 2. The summed E-state index contributed by atoms with van der Waals surface area (Å²) in [5.74, 6) is 0.829. The van der Waals surface area contributed by atoms with E-state index in [4.69, 9.17) is 22.1 Å². The number of hydrogen-bond donors (Lipinski definition) is 3. The average molecular weight is 552 g/mol. The van der Waals surface area contributed by atoms with Gasteiger partial charge in [0.1, 0.15) is 24.9 Å². The van der Waals surface area contributed by atoms with Gasteiger partial charge in [0.05, 0.1) is 19.7 Å². The molecule has 0 fully saturated rings. The lowest BCUT2D eigenvalue weighted by Crippen LogP contribution is -2.29. The highest BCUT2D eigenvalue weighted by Gasteiger charge is 2.22. The first-order valence-corrected chi connectivity index (χ1v) is 13.0. The lowest BCUT2D eigenvalue weighted by molar-refractivity contribution is -0.118. The summed E-state index contributed by atoms with van der Waals surface area (Å²) in [7, 11) is 11.0. The zero-order valence-corrected chi connectivity index (χ0v) is 24.0. The van der Waals surface area contributed by atoms with Crippen LogP contribution in [0, 0.1) is 0 Å². The number of aromatic nitrogens is 1. The van der Waals surface area contributed by atoms with Gasteiger partial charge in [0.25, 0.3) is 11.8 Å². The molecule has 2 amide bonds. The second-order valence-electron chi connectivity index (χ2n) is 8.41. The summed E-state index contributed by atoms with van der Waals surface area (Å²) >= 11 is 0. The Morgan fingerprint density at radius 2 is 1.41 bits per heavy atom. The van der Waals surface area contributed by atoms with Gasteiger partial charge in [-0.1, -0.05) is 37.5 Å². The molecule has 0 aliphatic carbocycles. The van der Waals surface area contributed by atoms with Crippen LogP contribution in [0.25, 0.3) is 10.9 Å². The van der Waals surface area contributed by atoms with Crippen molar-refractivity contribution in [3.8, 4) is 23.0 Å². The smallest absolute Gasteiger partial charge is 0.263 e. The summed E-state index contributed by atoms with van der Waals surface area (Å²) in [4.78, 5) is 30.4. The Labute approximate surface area is 241 Å². The van der Waals surface area contributed by atoms with Gasteiger partial charge in [-0.25, -0.2) is 0 Å². The standard InChI is InChI=1S/C29H27BN4O5.C2H6/c1-17(31-2)27(28(35)33-18-8-6-5-7-9-18)29(36)34-19-10-11-24(21(30)14-19)39-23-12-13-32-22-16-26(38-4)25(37-3)15-20(22)23;1-2/h5-16,31H,1-4H3,(H,33,35)(H,34,36);1-2H3/b27-17+;. The molecule has 210 valence electrons. The van der Waals surface area contributed by atoms with Crippen molar-refractivity contribution in [1.29, 1.82) is 0 Å². The van der Waals surface area contributed by atoms with Crippen LogP contribution in [0.3, 0.4) is 0 Å². The number of benzene rings is 3. The fourth-order valence-electron chi connectivity index (χ4n) is 3.85. The number of ether oxygens (including phenoxy) is 3. The summed E-state index contributed by atoms with van der Waals surface area (Å²) in [5, 5.41) is 9.05. The molecule has 0 saturated heterocycles. The van der Waals surface area contributed by atoms with Crippen LogP contribution in [0.15, 0.2) is 84.2 Å². The van der Waals surface area contributed by atoms with E-state index in [9.17, 15) is 9.59 Å². The number of carbonyl (C=O) groups excluding carboxylic acids is 2. The summed E-state index contributed by atoms with van der Waals surface area (Å²) in [6, 6.07) is 19.0. The van der Waals surface area contributed by atoms with Crippen LogP contribution in [0.1, 0.15) is 20.8 Å². The topological polar surface area (TPSA) is 111 Å². The first-order chi connectivity index (χ1) is 19.8. The summed E-state index contributed by atoms with van der Waals surface area (Å²) in [6.45, 7) is 5.65. The van der Waals surface area contributed by atoms with Gasteiger partial charge in [-0.05, 0) is 49.4 Å². The summed E-state index contributed by atoms with van der Waals surface area (Å²) in [5.41, 5.74) is 2.24. The highest BCUT2D eigenvalue weighted by atomic mass is 16.5. The third-order valence-corrected chi connectivity index (χ3v) is 5.93. The maximum atomic E-state index is 13.1. The van der Waals surface area contributed by atoms with Crippen molar-refractivity contribution in [1.82, 2.24) is 10.3 Å². The predicted molar refractivity (Wildman–Crippen MR) is 164 cm³/mol. The van der Waals surface area contributed by atoms with Crippen LogP contribution >= 0.6 is 0 Å². The summed E-state index contributed by atoms with van der Waals surface area (Å²) < 4.78 is 16.9. The molecule has 0 aliphatic rings. The molecule has 0 saturated carbocycles. The molecule has 0 spiro atoms. The Kier molecular flexibility index (Phi) is 10.7. The van der Waals surface area contributed by atoms with Crippen molar-refractivity contribution in [2.45, 2.75) is 20.8 Å². The van der Waals surface area contributed by atoms with Crippen molar-refractivity contribution in [3.63, 3.8) is 0 Å². The zero-order chi connectivity index (χ0) is 29.9. The lowest BCUT2D eigenvalue weighted by Gasteiger charge is -2.15. The third-order valence-electron chi connectivity index (χ3n) is 5.93. The molecule has 41 heavy (non-hydrogen) atoms. The molecule has 3 N–H and O–H groups in total. The molecule has 0 unspecified atom stereocenters. The fourth-order valence-corrected chi connectivity index (χ4v) is 3.85. The second kappa shape index (κ2) is 14.4. The molecule has 3 aromatic carbocycles. The lowest BCUT2D eigenvalue weighted by atomic mass is 9.94. The molecular formula is C31H33BN4O5. The number of para-hydroxylation sites is 1. The fraction of sp³-hybridized carbons (Fsp3) is 0.194. The molecule has 0 aliphatic heterocycles. The average Bonchev–Trinajstić information content (AvgIpc) is 2.99. The number of amides is 2. The van der Waals surface area contributed by atoms with Gasteiger partial charge in [-0.3, -0.25) is 14.6 Å². The molecule has 4 rings (SSSR count). The largest absolute Gasteiger partial charge is 0.493 e. The van der Waals surface area contributed by atoms with E-state index in [1.165, 1.54) is 0 Å². The number of methoxy groups -OCH3 is 2. The van der Waals surface area contributed by atoms with Crippen LogP contribution in [-0.2, 0) is 9.59 Å². The summed E-state index contributed by atoms with van der Waals surface area (Å²) in [6.07, 6.45) is 1.62. The zero-order valence-electron chi connectivity index (χ0n) is 24.0. The third kappa shape index (κ3) is 7.36. The van der Waals surface area contributed by atoms with Gasteiger partial charge in [-0.2, -0.15) is 0 Å². The normalized spacial score (nSPS) is 10.9. The Morgan fingerprint density at radius 3 is 2.02 bits per heavy atom. The van der Waals surface area contributed by atoms with Gasteiger partial charge >= 0.3 is 0 Å². The van der Waals surface area contributed by atoms with E-state index in [0.717, 1.165) is 0 Å². The number of hydrogen-bond acceptors (Lipinski definition) is 7. The number of pyridine rings is 1. The van der Waals surface area contributed by atoms with E-state index in [-0.39, 0.29) is 11.0 Å². The van der Waals surface area contributed by atoms with Crippen LogP contribution in [0.2, 0.25) is 0 Å². The number of anilines is 2. The van der Waals surface area contributed by atoms with E-state index >= 15 is 0 Å². The SMILES string of the molecule is CC.[B]c1cc(NC(=O)/C(C(=O)Nc2ccccc2)=C(\C)NC)ccc1Oc1ccnc2cc(OC)c(OC)cc12. The van der Waals surface area contributed by atoms with Crippen LogP contribution < -0.4 is 35.6 Å². The van der Waals surface area contributed by atoms with E-state index in [2.05, 4.69) is 20.9 Å². The Balaban J connectivity index is 0.00000226. The second-order valence-corrected chi connectivity index (χ2v) is 8.41. The maximum Gasteiger partial charge on any atom is 0.263 e. The number of allylic oxidation sites excluding steroid dienone is 1. The van der Waals surface area contributed by atoms with E-state index in [0.29, 0.717) is 51.0 Å². The highest BCUT2D eigenvalue weighted by molar-refractivity contribution is 6.35. The van der Waals surface area contributed by atoms with Gasteiger partial charge in [-0.15, -0.1) is 0 Å². The van der Waals surface area contributed by atoms with E-state index in [1.54, 1.807) is 95.1 Å². The molecule has 1 aromatic heterocycles. The first-order valence-electron chi connectivity index (χ1n) is 13.0. The van der Waals surface area contributed by atoms with Crippen molar-refractivity contribution in [2.24, 2.45) is 0 Å². The molecule has 0 bridgehead atoms. The van der Waals surface area contributed by atoms with Gasteiger partial charge < -0.3 is 30.2 Å². The number of nitrogens with one attached hydrogen (secondary N) is 3. The quantitative estimate of drug-likeness (QED) is 0.117. The number of fused-ring (bicyclic) bond motifs is 1. The Morgan fingerprint density at radius 1 is 0.780 bits per heavy atom. The molecule has 0 atom stereocenters. The minimum Gasteiger partial charge on any atom is -0.493 e. The van der Waals surface area contributed by atoms with Crippen molar-refractivity contribution in [3.05, 3.63) is 84.2 Å². The van der Waals surface area contributed by atoms with E-state index in [1.807, 2.05) is 19.9 Å². The van der Waals surface area contributed by atoms with Gasteiger partial charge in [0.2, 0.25) is 0 Å². The maximum absolute atomic E-state index is 13.1. The molecule has 9 nitrogen and oxygen atoms in total. The first kappa shape index (κ1) is 30.6. The molecular weight excluding hydrogens is 519 g/mol. The monoisotopic (exact) mass is 552 g/mol. The molecule has 10 heteroatoms.